The monoisotopic (exact) mass is 454 g/mol. The lowest BCUT2D eigenvalue weighted by atomic mass is 10.2. The Morgan fingerprint density at radius 3 is 2.58 bits per heavy atom. The lowest BCUT2D eigenvalue weighted by molar-refractivity contribution is 0.0941. The number of aromatic nitrogens is 3. The Labute approximate surface area is 188 Å². The number of hydrogen-bond acceptors (Lipinski definition) is 5. The first-order valence-corrected chi connectivity index (χ1v) is 10.5. The second-order valence-corrected chi connectivity index (χ2v) is 7.97. The van der Waals surface area contributed by atoms with Crippen LogP contribution < -0.4 is 11.1 Å². The van der Waals surface area contributed by atoms with Gasteiger partial charge in [0, 0.05) is 6.04 Å². The predicted octanol–water partition coefficient (Wildman–Crippen LogP) is 4.88. The number of hydrogen-bond donors (Lipinski definition) is 2. The Hall–Kier alpha value is -3.16. The number of carbonyl (C=O) groups excluding carboxylic acids is 1. The van der Waals surface area contributed by atoms with E-state index < -0.39 is 0 Å². The number of anilines is 1. The molecule has 2 heterocycles. The molecule has 1 unspecified atom stereocenters. The molecule has 7 nitrogen and oxygen atoms in total. The van der Waals surface area contributed by atoms with Crippen molar-refractivity contribution >= 4 is 63.3 Å². The Bertz CT molecular complexity index is 1330. The van der Waals surface area contributed by atoms with E-state index in [2.05, 4.69) is 20.4 Å². The Morgan fingerprint density at radius 1 is 1.19 bits per heavy atom. The minimum absolute atomic E-state index is 0.0153. The molecule has 1 amide bonds. The molecule has 0 fully saturated rings. The van der Waals surface area contributed by atoms with E-state index >= 15 is 0 Å². The van der Waals surface area contributed by atoms with Gasteiger partial charge in [-0.05, 0) is 43.2 Å². The van der Waals surface area contributed by atoms with Crippen molar-refractivity contribution in [2.75, 3.05) is 5.73 Å². The first kappa shape index (κ1) is 21.1. The fraction of sp³-hybridized carbons (Fsp3) is 0.182. The van der Waals surface area contributed by atoms with Crippen LogP contribution in [0.5, 0.6) is 0 Å². The topological polar surface area (TPSA) is 98.2 Å². The van der Waals surface area contributed by atoms with E-state index in [-0.39, 0.29) is 23.3 Å². The van der Waals surface area contributed by atoms with Gasteiger partial charge in [-0.25, -0.2) is 9.97 Å². The molecule has 0 aliphatic heterocycles. The molecular weight excluding hydrogens is 435 g/mol. The van der Waals surface area contributed by atoms with E-state index in [0.29, 0.717) is 32.2 Å². The van der Waals surface area contributed by atoms with Crippen LogP contribution in [-0.4, -0.2) is 32.8 Å². The Kier molecular flexibility index (Phi) is 5.80. The highest BCUT2D eigenvalue weighted by molar-refractivity contribution is 6.42. The van der Waals surface area contributed by atoms with Crippen LogP contribution in [0.2, 0.25) is 10.0 Å². The molecule has 3 N–H and O–H groups in total. The molecule has 158 valence electrons. The molecule has 0 saturated carbocycles. The maximum absolute atomic E-state index is 13.0. The molecule has 4 aromatic rings. The number of halogens is 2. The van der Waals surface area contributed by atoms with Crippen LogP contribution in [0.15, 0.2) is 47.6 Å². The van der Waals surface area contributed by atoms with Crippen molar-refractivity contribution in [1.29, 1.82) is 0 Å². The maximum Gasteiger partial charge on any atom is 0.257 e. The summed E-state index contributed by atoms with van der Waals surface area (Å²) in [5.41, 5.74) is 9.46. The average molecular weight is 455 g/mol. The number of fused-ring (bicyclic) bond motifs is 2. The zero-order valence-corrected chi connectivity index (χ0v) is 18.4. The van der Waals surface area contributed by atoms with E-state index in [4.69, 9.17) is 28.9 Å². The lowest BCUT2D eigenvalue weighted by Gasteiger charge is -2.11. The van der Waals surface area contributed by atoms with Gasteiger partial charge in [-0.2, -0.15) is 9.78 Å². The second kappa shape index (κ2) is 8.53. The summed E-state index contributed by atoms with van der Waals surface area (Å²) in [5.74, 6) is -0.160. The standard InChI is InChI=1S/C22H20Cl2N6O/c1-3-12(2)27-22(31)18-19-21(29-17-7-5-4-6-16(17)28-19)30(20(18)25)26-11-13-8-9-14(23)15(24)10-13/h4-12H,3,25H2,1-2H3,(H,27,31)/b26-11+. The molecule has 2 aromatic heterocycles. The molecule has 0 aliphatic rings. The Balaban J connectivity index is 1.90. The fourth-order valence-corrected chi connectivity index (χ4v) is 3.41. The molecule has 0 spiro atoms. The van der Waals surface area contributed by atoms with Crippen LogP contribution in [0.25, 0.3) is 22.2 Å². The summed E-state index contributed by atoms with van der Waals surface area (Å²) in [6, 6.07) is 12.5. The van der Waals surface area contributed by atoms with Crippen molar-refractivity contribution in [2.24, 2.45) is 5.10 Å². The number of nitrogen functional groups attached to an aromatic ring is 1. The quantitative estimate of drug-likeness (QED) is 0.419. The molecule has 0 bridgehead atoms. The number of nitrogens with zero attached hydrogens (tertiary/aromatic N) is 4. The van der Waals surface area contributed by atoms with Crippen LogP contribution in [0, 0.1) is 0 Å². The number of nitrogens with one attached hydrogen (secondary N) is 1. The zero-order valence-electron chi connectivity index (χ0n) is 16.9. The van der Waals surface area contributed by atoms with Gasteiger partial charge in [0.2, 0.25) is 0 Å². The van der Waals surface area contributed by atoms with E-state index in [1.165, 1.54) is 4.68 Å². The number of para-hydroxylation sites is 2. The number of amides is 1. The highest BCUT2D eigenvalue weighted by Crippen LogP contribution is 2.28. The number of nitrogens with two attached hydrogens (primary N) is 1. The minimum Gasteiger partial charge on any atom is -0.383 e. The van der Waals surface area contributed by atoms with Gasteiger partial charge in [-0.15, -0.1) is 0 Å². The van der Waals surface area contributed by atoms with E-state index in [1.807, 2.05) is 38.1 Å². The van der Waals surface area contributed by atoms with Gasteiger partial charge < -0.3 is 11.1 Å². The fourth-order valence-electron chi connectivity index (χ4n) is 3.10. The van der Waals surface area contributed by atoms with Gasteiger partial charge in [0.15, 0.2) is 5.65 Å². The number of rotatable bonds is 5. The SMILES string of the molecule is CCC(C)NC(=O)c1c(N)n(/N=C/c2ccc(Cl)c(Cl)c2)c2nc3ccccc3nc12. The number of benzene rings is 2. The summed E-state index contributed by atoms with van der Waals surface area (Å²) in [4.78, 5) is 22.3. The Morgan fingerprint density at radius 2 is 1.90 bits per heavy atom. The molecule has 31 heavy (non-hydrogen) atoms. The second-order valence-electron chi connectivity index (χ2n) is 7.16. The summed E-state index contributed by atoms with van der Waals surface area (Å²) in [5, 5.41) is 8.27. The molecule has 1 atom stereocenters. The highest BCUT2D eigenvalue weighted by Gasteiger charge is 2.24. The van der Waals surface area contributed by atoms with Crippen molar-refractivity contribution in [3.05, 3.63) is 63.6 Å². The molecule has 0 radical (unpaired) electrons. The van der Waals surface area contributed by atoms with E-state index in [9.17, 15) is 4.79 Å². The van der Waals surface area contributed by atoms with Gasteiger partial charge in [-0.1, -0.05) is 48.3 Å². The van der Waals surface area contributed by atoms with Gasteiger partial charge in [0.05, 0.1) is 27.3 Å². The summed E-state index contributed by atoms with van der Waals surface area (Å²) >= 11 is 12.1. The van der Waals surface area contributed by atoms with Gasteiger partial charge in [-0.3, -0.25) is 4.79 Å². The van der Waals surface area contributed by atoms with Crippen molar-refractivity contribution in [3.8, 4) is 0 Å². The molecule has 0 aliphatic carbocycles. The summed E-state index contributed by atoms with van der Waals surface area (Å²) in [7, 11) is 0. The molecular formula is C22H20Cl2N6O. The van der Waals surface area contributed by atoms with Gasteiger partial charge in [0.25, 0.3) is 5.91 Å². The zero-order chi connectivity index (χ0) is 22.1. The van der Waals surface area contributed by atoms with E-state index in [0.717, 1.165) is 12.0 Å². The summed E-state index contributed by atoms with van der Waals surface area (Å²) < 4.78 is 1.42. The number of carbonyl (C=O) groups is 1. The minimum atomic E-state index is -0.315. The molecule has 2 aromatic carbocycles. The predicted molar refractivity (Wildman–Crippen MR) is 126 cm³/mol. The molecule has 9 heteroatoms. The van der Waals surface area contributed by atoms with Crippen molar-refractivity contribution < 1.29 is 4.79 Å². The van der Waals surface area contributed by atoms with Gasteiger partial charge in [0.1, 0.15) is 16.9 Å². The normalized spacial score (nSPS) is 12.6. The molecule has 4 rings (SSSR count). The summed E-state index contributed by atoms with van der Waals surface area (Å²) in [6.45, 7) is 3.92. The third kappa shape index (κ3) is 4.06. The first-order valence-electron chi connectivity index (χ1n) is 9.76. The molecule has 0 saturated heterocycles. The third-order valence-electron chi connectivity index (χ3n) is 4.96. The lowest BCUT2D eigenvalue weighted by Crippen LogP contribution is -2.32. The largest absolute Gasteiger partial charge is 0.383 e. The van der Waals surface area contributed by atoms with Crippen molar-refractivity contribution in [1.82, 2.24) is 20.0 Å². The van der Waals surface area contributed by atoms with Crippen molar-refractivity contribution in [3.63, 3.8) is 0 Å². The van der Waals surface area contributed by atoms with Crippen LogP contribution in [0.4, 0.5) is 5.82 Å². The van der Waals surface area contributed by atoms with Gasteiger partial charge >= 0.3 is 0 Å². The van der Waals surface area contributed by atoms with Crippen LogP contribution >= 0.6 is 23.2 Å². The highest BCUT2D eigenvalue weighted by atomic mass is 35.5. The average Bonchev–Trinajstić information content (AvgIpc) is 3.03. The van der Waals surface area contributed by atoms with Crippen molar-refractivity contribution in [2.45, 2.75) is 26.3 Å². The first-order chi connectivity index (χ1) is 14.9. The van der Waals surface area contributed by atoms with E-state index in [1.54, 1.807) is 24.4 Å². The maximum atomic E-state index is 13.0. The van der Waals surface area contributed by atoms with Crippen LogP contribution in [0.1, 0.15) is 36.2 Å². The van der Waals surface area contributed by atoms with Crippen LogP contribution in [-0.2, 0) is 0 Å². The summed E-state index contributed by atoms with van der Waals surface area (Å²) in [6.07, 6.45) is 2.36. The smallest absolute Gasteiger partial charge is 0.257 e. The van der Waals surface area contributed by atoms with Crippen LogP contribution in [0.3, 0.4) is 0 Å². The third-order valence-corrected chi connectivity index (χ3v) is 5.70.